The lowest BCUT2D eigenvalue weighted by molar-refractivity contribution is -0.119. The molecule has 2 aromatic rings. The molecule has 0 aliphatic carbocycles. The Morgan fingerprint density at radius 1 is 1.20 bits per heavy atom. The van der Waals surface area contributed by atoms with Crippen LogP contribution in [0.1, 0.15) is 6.42 Å². The van der Waals surface area contributed by atoms with Gasteiger partial charge in [0, 0.05) is 24.6 Å². The third-order valence-corrected chi connectivity index (χ3v) is 3.56. The Bertz CT molecular complexity index is 631. The van der Waals surface area contributed by atoms with Crippen LogP contribution in [0.2, 0.25) is 0 Å². The third-order valence-electron chi connectivity index (χ3n) is 2.63. The molecule has 0 unspecified atom stereocenters. The molecule has 1 aromatic carbocycles. The topological polar surface area (TPSA) is 71.1 Å². The molecule has 0 spiro atoms. The maximum atomic E-state index is 11.4. The fraction of sp³-hybridized carbons (Fsp3) is 0.214. The van der Waals surface area contributed by atoms with Gasteiger partial charge in [0.15, 0.2) is 0 Å². The minimum atomic E-state index is -0.483. The molecule has 0 fully saturated rings. The van der Waals surface area contributed by atoms with Gasteiger partial charge in [-0.2, -0.15) is 0 Å². The zero-order valence-electron chi connectivity index (χ0n) is 11.1. The molecule has 6 heteroatoms. The van der Waals surface area contributed by atoms with Crippen LogP contribution >= 0.6 is 11.8 Å². The Morgan fingerprint density at radius 3 is 2.80 bits per heavy atom. The van der Waals surface area contributed by atoms with Crippen molar-refractivity contribution >= 4 is 34.6 Å². The summed E-state index contributed by atoms with van der Waals surface area (Å²) in [6.07, 6.45) is 0.270. The lowest BCUT2D eigenvalue weighted by atomic mass is 10.2. The summed E-state index contributed by atoms with van der Waals surface area (Å²) in [6.45, 7) is 0. The van der Waals surface area contributed by atoms with Gasteiger partial charge in [-0.3, -0.25) is 10.1 Å². The monoisotopic (exact) mass is 289 g/mol. The molecule has 0 radical (unpaired) electrons. The molecule has 0 atom stereocenters. The number of hydrogen-bond donors (Lipinski definition) is 2. The SMILES string of the molecule is CNC(=O)NC(=O)CCSc1ccc2ccccc2n1. The minimum Gasteiger partial charge on any atom is -0.341 e. The number of imide groups is 1. The maximum absolute atomic E-state index is 11.4. The number of para-hydroxylation sites is 1. The molecule has 0 bridgehead atoms. The second-order valence-electron chi connectivity index (χ2n) is 4.07. The average molecular weight is 289 g/mol. The van der Waals surface area contributed by atoms with Crippen LogP contribution in [-0.2, 0) is 4.79 Å². The fourth-order valence-electron chi connectivity index (χ4n) is 1.63. The van der Waals surface area contributed by atoms with Crippen molar-refractivity contribution in [2.24, 2.45) is 0 Å². The number of nitrogens with one attached hydrogen (secondary N) is 2. The zero-order valence-corrected chi connectivity index (χ0v) is 11.9. The van der Waals surface area contributed by atoms with Crippen molar-refractivity contribution in [1.29, 1.82) is 0 Å². The molecule has 2 N–H and O–H groups in total. The van der Waals surface area contributed by atoms with Gasteiger partial charge in [0.2, 0.25) is 5.91 Å². The molecular formula is C14H15N3O2S. The summed E-state index contributed by atoms with van der Waals surface area (Å²) in [4.78, 5) is 26.9. The summed E-state index contributed by atoms with van der Waals surface area (Å²) in [5.74, 6) is 0.284. The van der Waals surface area contributed by atoms with E-state index in [4.69, 9.17) is 0 Å². The van der Waals surface area contributed by atoms with E-state index in [1.807, 2.05) is 36.4 Å². The molecule has 3 amide bonds. The Labute approximate surface area is 121 Å². The minimum absolute atomic E-state index is 0.270. The Balaban J connectivity index is 1.86. The molecular weight excluding hydrogens is 274 g/mol. The van der Waals surface area contributed by atoms with Gasteiger partial charge < -0.3 is 5.32 Å². The first-order chi connectivity index (χ1) is 9.69. The van der Waals surface area contributed by atoms with Gasteiger partial charge in [-0.15, -0.1) is 11.8 Å². The number of carbonyl (C=O) groups is 2. The van der Waals surface area contributed by atoms with Crippen LogP contribution in [0.4, 0.5) is 4.79 Å². The van der Waals surface area contributed by atoms with Crippen LogP contribution in [0.5, 0.6) is 0 Å². The highest BCUT2D eigenvalue weighted by Crippen LogP contribution is 2.20. The molecule has 104 valence electrons. The number of urea groups is 1. The van der Waals surface area contributed by atoms with Crippen molar-refractivity contribution in [3.05, 3.63) is 36.4 Å². The third kappa shape index (κ3) is 3.96. The van der Waals surface area contributed by atoms with E-state index in [1.165, 1.54) is 18.8 Å². The largest absolute Gasteiger partial charge is 0.341 e. The number of carbonyl (C=O) groups excluding carboxylic acids is 2. The van der Waals surface area contributed by atoms with Crippen molar-refractivity contribution in [3.63, 3.8) is 0 Å². The number of rotatable bonds is 4. The van der Waals surface area contributed by atoms with Gasteiger partial charge in [0.25, 0.3) is 0 Å². The van der Waals surface area contributed by atoms with Gasteiger partial charge >= 0.3 is 6.03 Å². The van der Waals surface area contributed by atoms with E-state index in [-0.39, 0.29) is 12.3 Å². The lowest BCUT2D eigenvalue weighted by Gasteiger charge is -2.04. The Kier molecular flexibility index (Phi) is 4.95. The molecule has 0 saturated heterocycles. The van der Waals surface area contributed by atoms with Gasteiger partial charge in [0.05, 0.1) is 10.5 Å². The predicted octanol–water partition coefficient (Wildman–Crippen LogP) is 2.17. The number of thioether (sulfide) groups is 1. The summed E-state index contributed by atoms with van der Waals surface area (Å²) in [7, 11) is 1.47. The highest BCUT2D eigenvalue weighted by atomic mass is 32.2. The zero-order chi connectivity index (χ0) is 14.4. The summed E-state index contributed by atoms with van der Waals surface area (Å²) in [5, 5.41) is 6.52. The molecule has 5 nitrogen and oxygen atoms in total. The van der Waals surface area contributed by atoms with Crippen molar-refractivity contribution in [2.45, 2.75) is 11.4 Å². The number of benzene rings is 1. The van der Waals surface area contributed by atoms with Gasteiger partial charge in [-0.05, 0) is 12.1 Å². The van der Waals surface area contributed by atoms with E-state index < -0.39 is 6.03 Å². The maximum Gasteiger partial charge on any atom is 0.321 e. The van der Waals surface area contributed by atoms with Gasteiger partial charge in [0.1, 0.15) is 0 Å². The smallest absolute Gasteiger partial charge is 0.321 e. The van der Waals surface area contributed by atoms with E-state index in [0.717, 1.165) is 15.9 Å². The van der Waals surface area contributed by atoms with E-state index in [1.54, 1.807) is 0 Å². The van der Waals surface area contributed by atoms with E-state index in [0.29, 0.717) is 5.75 Å². The first-order valence-electron chi connectivity index (χ1n) is 6.19. The number of nitrogens with zero attached hydrogens (tertiary/aromatic N) is 1. The van der Waals surface area contributed by atoms with Gasteiger partial charge in [-0.25, -0.2) is 9.78 Å². The summed E-state index contributed by atoms with van der Waals surface area (Å²) in [6, 6.07) is 11.3. The second-order valence-corrected chi connectivity index (χ2v) is 5.18. The highest BCUT2D eigenvalue weighted by molar-refractivity contribution is 7.99. The predicted molar refractivity (Wildman–Crippen MR) is 79.7 cm³/mol. The van der Waals surface area contributed by atoms with Crippen LogP contribution in [0.25, 0.3) is 10.9 Å². The average Bonchev–Trinajstić information content (AvgIpc) is 2.47. The van der Waals surface area contributed by atoms with Crippen LogP contribution in [0, 0.1) is 0 Å². The molecule has 1 heterocycles. The van der Waals surface area contributed by atoms with E-state index in [2.05, 4.69) is 15.6 Å². The normalized spacial score (nSPS) is 10.2. The number of hydrogen-bond acceptors (Lipinski definition) is 4. The standard InChI is InChI=1S/C14H15N3O2S/c1-15-14(19)17-12(18)8-9-20-13-7-6-10-4-2-3-5-11(10)16-13/h2-7H,8-9H2,1H3,(H2,15,17,18,19). The molecule has 2 rings (SSSR count). The Hall–Kier alpha value is -2.08. The summed E-state index contributed by atoms with van der Waals surface area (Å²) < 4.78 is 0. The van der Waals surface area contributed by atoms with Crippen molar-refractivity contribution in [1.82, 2.24) is 15.6 Å². The number of pyridine rings is 1. The van der Waals surface area contributed by atoms with Crippen molar-refractivity contribution in [3.8, 4) is 0 Å². The van der Waals surface area contributed by atoms with Crippen LogP contribution in [0.15, 0.2) is 41.4 Å². The van der Waals surface area contributed by atoms with Gasteiger partial charge in [-0.1, -0.05) is 24.3 Å². The molecule has 1 aromatic heterocycles. The van der Waals surface area contributed by atoms with E-state index in [9.17, 15) is 9.59 Å². The molecule has 0 aliphatic rings. The highest BCUT2D eigenvalue weighted by Gasteiger charge is 2.06. The number of fused-ring (bicyclic) bond motifs is 1. The lowest BCUT2D eigenvalue weighted by Crippen LogP contribution is -2.37. The fourth-order valence-corrected chi connectivity index (χ4v) is 2.45. The first kappa shape index (κ1) is 14.3. The molecule has 20 heavy (non-hydrogen) atoms. The van der Waals surface area contributed by atoms with Crippen molar-refractivity contribution in [2.75, 3.05) is 12.8 Å². The van der Waals surface area contributed by atoms with Crippen LogP contribution in [-0.4, -0.2) is 29.7 Å². The summed E-state index contributed by atoms with van der Waals surface area (Å²) in [5.41, 5.74) is 0.937. The molecule has 0 saturated carbocycles. The van der Waals surface area contributed by atoms with Crippen LogP contribution in [0.3, 0.4) is 0 Å². The van der Waals surface area contributed by atoms with Crippen molar-refractivity contribution < 1.29 is 9.59 Å². The quantitative estimate of drug-likeness (QED) is 0.846. The number of aromatic nitrogens is 1. The first-order valence-corrected chi connectivity index (χ1v) is 7.18. The second kappa shape index (κ2) is 6.91. The Morgan fingerprint density at radius 2 is 2.00 bits per heavy atom. The number of amides is 3. The van der Waals surface area contributed by atoms with Crippen LogP contribution < -0.4 is 10.6 Å². The molecule has 0 aliphatic heterocycles. The van der Waals surface area contributed by atoms with E-state index >= 15 is 0 Å². The summed E-state index contributed by atoms with van der Waals surface area (Å²) >= 11 is 1.49.